The number of esters is 1. The molecule has 0 aromatic heterocycles. The fourth-order valence-corrected chi connectivity index (χ4v) is 9.51. The first kappa shape index (κ1) is 35.0. The number of benzene rings is 2. The second kappa shape index (κ2) is 14.0. The normalized spacial score (nSPS) is 18.6. The maximum Gasteiger partial charge on any atom is 1.00 e. The molecule has 2 unspecified atom stereocenters. The van der Waals surface area contributed by atoms with E-state index in [1.54, 1.807) is 0 Å². The molecule has 1 aliphatic carbocycles. The summed E-state index contributed by atoms with van der Waals surface area (Å²) in [5, 5.41) is -0.910. The molecule has 1 fully saturated rings. The van der Waals surface area contributed by atoms with Gasteiger partial charge in [-0.25, -0.2) is 0 Å². The van der Waals surface area contributed by atoms with E-state index < -0.39 is 67.9 Å². The fourth-order valence-electron chi connectivity index (χ4n) is 3.99. The number of alkyl halides is 5. The van der Waals surface area contributed by atoms with Gasteiger partial charge in [-0.2, -0.15) is 0 Å². The van der Waals surface area contributed by atoms with Gasteiger partial charge in [0.1, 0.15) is 0 Å². The fraction of sp³-hybridized carbons (Fsp3) is 0.458. The molecule has 2 atom stereocenters. The monoisotopic (exact) mass is 687 g/mol. The van der Waals surface area contributed by atoms with E-state index >= 15 is 8.78 Å². The first-order chi connectivity index (χ1) is 16.8. The molecule has 2 aromatic carbocycles. The average molecular weight is 688 g/mol. The number of ether oxygens (including phenoxy) is 2. The van der Waals surface area contributed by atoms with Gasteiger partial charge >= 0.3 is 239 Å². The Morgan fingerprint density at radius 2 is 1.53 bits per heavy atom. The second-order valence-electron chi connectivity index (χ2n) is 8.77. The molecule has 0 bridgehead atoms. The van der Waals surface area contributed by atoms with Crippen LogP contribution in [0.2, 0.25) is 0 Å². The number of rotatable bonds is 9. The Morgan fingerprint density at radius 3 is 2.13 bits per heavy atom. The van der Waals surface area contributed by atoms with E-state index in [4.69, 9.17) is 13.6 Å². The summed E-state index contributed by atoms with van der Waals surface area (Å²) in [6.07, 6.45) is -2.98. The Balaban J connectivity index is 0.00000361. The number of carbonyl (C=O) groups excluding carboxylic acids is 1. The molecule has 14 heteroatoms. The van der Waals surface area contributed by atoms with Crippen LogP contribution in [0.1, 0.15) is 45.1 Å². The summed E-state index contributed by atoms with van der Waals surface area (Å²) in [4.78, 5) is 12.9. The molecule has 0 heterocycles. The maximum atomic E-state index is 15.1. The van der Waals surface area contributed by atoms with Crippen molar-refractivity contribution in [3.63, 3.8) is 0 Å². The Morgan fingerprint density at radius 1 is 0.974 bits per heavy atom. The third-order valence-electron chi connectivity index (χ3n) is 5.84. The van der Waals surface area contributed by atoms with E-state index in [0.29, 0.717) is 25.7 Å². The van der Waals surface area contributed by atoms with E-state index in [0.717, 1.165) is 12.1 Å². The van der Waals surface area contributed by atoms with Gasteiger partial charge in [0.15, 0.2) is 0 Å². The smallest absolute Gasteiger partial charge is 0.870 e. The van der Waals surface area contributed by atoms with Gasteiger partial charge in [0, 0.05) is 0 Å². The SMILES string of the molecule is CC(C)(OC(=O)C1CCCCC1[S-](=O)=O)c1ccccc1I(Cl)C(F)(F)C(F)(F)Oc1ccccc1.[Li+].[OH-]. The molecule has 6 nitrogen and oxygen atoms in total. The van der Waals surface area contributed by atoms with Crippen LogP contribution in [0.15, 0.2) is 54.6 Å². The van der Waals surface area contributed by atoms with Gasteiger partial charge in [-0.3, -0.25) is 0 Å². The summed E-state index contributed by atoms with van der Waals surface area (Å²) in [6.45, 7) is 2.85. The molecular formula is C24H26ClF4ILiO6S-. The van der Waals surface area contributed by atoms with Gasteiger partial charge in [0.2, 0.25) is 0 Å². The summed E-state index contributed by atoms with van der Waals surface area (Å²) >= 11 is -4.53. The van der Waals surface area contributed by atoms with Gasteiger partial charge in [0.25, 0.3) is 0 Å². The van der Waals surface area contributed by atoms with Crippen molar-refractivity contribution < 1.29 is 64.6 Å². The molecule has 0 aliphatic heterocycles. The van der Waals surface area contributed by atoms with Crippen molar-refractivity contribution in [1.29, 1.82) is 0 Å². The molecule has 208 valence electrons. The van der Waals surface area contributed by atoms with Crippen molar-refractivity contribution in [2.45, 2.75) is 60.4 Å². The van der Waals surface area contributed by atoms with Crippen LogP contribution in [0, 0.1) is 9.49 Å². The van der Waals surface area contributed by atoms with Gasteiger partial charge < -0.3 is 5.48 Å². The molecule has 2 aromatic rings. The predicted octanol–water partition coefficient (Wildman–Crippen LogP) is 4.25. The minimum atomic E-state index is -4.90. The first-order valence-electron chi connectivity index (χ1n) is 11.0. The summed E-state index contributed by atoms with van der Waals surface area (Å²) in [6, 6.07) is 12.0. The van der Waals surface area contributed by atoms with Crippen molar-refractivity contribution in [2.24, 2.45) is 5.92 Å². The number of hydrogen-bond donors (Lipinski definition) is 0. The average Bonchev–Trinajstić information content (AvgIpc) is 2.83. The molecule has 38 heavy (non-hydrogen) atoms. The van der Waals surface area contributed by atoms with Gasteiger partial charge in [-0.15, -0.1) is 0 Å². The van der Waals surface area contributed by atoms with Gasteiger partial charge in [0.05, 0.1) is 0 Å². The van der Waals surface area contributed by atoms with Crippen molar-refractivity contribution in [2.75, 3.05) is 0 Å². The topological polar surface area (TPSA) is 99.7 Å². The zero-order valence-corrected chi connectivity index (χ0v) is 24.6. The summed E-state index contributed by atoms with van der Waals surface area (Å²) < 4.78 is 87.8. The van der Waals surface area contributed by atoms with Crippen LogP contribution in [-0.4, -0.2) is 26.7 Å². The number of hydrogen-bond acceptors (Lipinski definition) is 7. The standard InChI is InChI=1S/C24H25ClF4IO5S.Li.H2O/c1-22(2,35-21(31)17-12-6-9-15-20(17)36(32)33)18-13-7-8-14-19(18)30(25)23(26,27)24(28,29)34-16-10-4-3-5-11-16;;/h3-5,7-8,10-11,13-14,17,20H,6,9,12,15H2,1-2H3;;1H2/q-1;+1;/p-1. The predicted molar refractivity (Wildman–Crippen MR) is 138 cm³/mol. The van der Waals surface area contributed by atoms with Crippen molar-refractivity contribution in [1.82, 2.24) is 0 Å². The minimum absolute atomic E-state index is 0. The van der Waals surface area contributed by atoms with Crippen molar-refractivity contribution >= 4 is 44.3 Å². The van der Waals surface area contributed by atoms with Crippen LogP contribution in [0.3, 0.4) is 0 Å². The van der Waals surface area contributed by atoms with Gasteiger partial charge in [-0.1, -0.05) is 0 Å². The van der Waals surface area contributed by atoms with Crippen molar-refractivity contribution in [3.8, 4) is 5.75 Å². The molecule has 1 N–H and O–H groups in total. The molecule has 0 amide bonds. The molecular weight excluding hydrogens is 662 g/mol. The molecule has 3 rings (SSSR count). The Bertz CT molecular complexity index is 1150. The van der Waals surface area contributed by atoms with Crippen molar-refractivity contribution in [3.05, 3.63) is 63.7 Å². The van der Waals surface area contributed by atoms with Gasteiger partial charge in [-0.05, 0) is 0 Å². The molecule has 1 aliphatic rings. The molecule has 0 saturated heterocycles. The zero-order valence-electron chi connectivity index (χ0n) is 20.8. The second-order valence-corrected chi connectivity index (χ2v) is 15.7. The van der Waals surface area contributed by atoms with E-state index in [2.05, 4.69) is 4.74 Å². The largest absolute Gasteiger partial charge is 1.00 e. The summed E-state index contributed by atoms with van der Waals surface area (Å²) in [7, 11) is 3.65. The number of para-hydroxylation sites is 1. The Hall–Kier alpha value is -1.04. The van der Waals surface area contributed by atoms with Crippen LogP contribution in [0.4, 0.5) is 17.6 Å². The maximum absolute atomic E-state index is 15.1. The van der Waals surface area contributed by atoms with Crippen LogP contribution in [0.5, 0.6) is 5.75 Å². The minimum Gasteiger partial charge on any atom is -0.870 e. The summed E-state index contributed by atoms with van der Waals surface area (Å²) in [5.74, 6) is -2.13. The van der Waals surface area contributed by atoms with Crippen LogP contribution in [0.25, 0.3) is 0 Å². The summed E-state index contributed by atoms with van der Waals surface area (Å²) in [5.41, 5.74) is -1.50. The van der Waals surface area contributed by atoms with Crippen LogP contribution in [-0.2, 0) is 34.3 Å². The molecule has 0 radical (unpaired) electrons. The van der Waals surface area contributed by atoms with E-state index in [1.807, 2.05) is 0 Å². The molecule has 1 saturated carbocycles. The Labute approximate surface area is 243 Å². The Kier molecular flexibility index (Phi) is 12.9. The number of halogens is 6. The van der Waals surface area contributed by atoms with E-state index in [1.165, 1.54) is 56.3 Å². The third kappa shape index (κ3) is 7.78. The van der Waals surface area contributed by atoms with Crippen LogP contribution < -0.4 is 23.6 Å². The third-order valence-corrected chi connectivity index (χ3v) is 12.9. The van der Waals surface area contributed by atoms with E-state index in [-0.39, 0.29) is 33.5 Å². The zero-order chi connectivity index (χ0) is 26.7. The quantitative estimate of drug-likeness (QED) is 0.0977. The van der Waals surface area contributed by atoms with E-state index in [9.17, 15) is 22.0 Å². The number of carbonyl (C=O) groups is 1. The first-order valence-corrected chi connectivity index (χ1v) is 17.1. The molecule has 0 spiro atoms. The van der Waals surface area contributed by atoms with Crippen LogP contribution >= 0.6 is 27.6 Å².